The Hall–Kier alpha value is -1.67. The molecule has 3 N–H and O–H groups in total. The van der Waals surface area contributed by atoms with Crippen molar-refractivity contribution in [3.63, 3.8) is 0 Å². The highest BCUT2D eigenvalue weighted by Crippen LogP contribution is 2.65. The largest absolute Gasteiger partial charge is 0.396 e. The number of aliphatic hydroxyl groups is 1. The summed E-state index contributed by atoms with van der Waals surface area (Å²) in [6, 6.07) is -0.781. The van der Waals surface area contributed by atoms with Crippen LogP contribution in [0.2, 0.25) is 0 Å². The molecule has 3 fully saturated rings. The molecule has 0 aromatic carbocycles. The number of ether oxygens (including phenoxy) is 1. The third-order valence-corrected chi connectivity index (χ3v) is 7.20. The average molecular weight is 438 g/mol. The zero-order valence-electron chi connectivity index (χ0n) is 19.8. The van der Waals surface area contributed by atoms with Crippen molar-refractivity contribution in [3.8, 4) is 0 Å². The third kappa shape index (κ3) is 3.86. The second kappa shape index (κ2) is 8.35. The minimum Gasteiger partial charge on any atom is -0.396 e. The zero-order chi connectivity index (χ0) is 23.2. The number of aliphatic hydroxyl groups excluding tert-OH is 1. The number of hydrogen-bond acceptors (Lipinski definition) is 5. The fraction of sp³-hybridized carbons (Fsp3) is 0.870. The molecule has 31 heavy (non-hydrogen) atoms. The molecule has 3 unspecified atom stereocenters. The van der Waals surface area contributed by atoms with Gasteiger partial charge in [0.1, 0.15) is 11.6 Å². The van der Waals surface area contributed by atoms with Gasteiger partial charge in [0.05, 0.1) is 17.4 Å². The van der Waals surface area contributed by atoms with Crippen LogP contribution < -0.4 is 10.6 Å². The van der Waals surface area contributed by atoms with Gasteiger partial charge < -0.3 is 25.4 Å². The Bertz CT molecular complexity index is 735. The second-order valence-corrected chi connectivity index (χ2v) is 10.7. The summed E-state index contributed by atoms with van der Waals surface area (Å²) in [5.74, 6) is -1.84. The molecular formula is C23H39N3O5. The quantitative estimate of drug-likeness (QED) is 0.495. The molecule has 3 amide bonds. The van der Waals surface area contributed by atoms with Crippen LogP contribution in [0.15, 0.2) is 0 Å². The van der Waals surface area contributed by atoms with Crippen molar-refractivity contribution >= 4 is 17.7 Å². The van der Waals surface area contributed by atoms with Crippen LogP contribution in [-0.2, 0) is 19.1 Å². The van der Waals surface area contributed by atoms with Gasteiger partial charge in [-0.15, -0.1) is 0 Å². The number of amides is 3. The Kier molecular flexibility index (Phi) is 6.46. The summed E-state index contributed by atoms with van der Waals surface area (Å²) in [6.45, 7) is 12.6. The first kappa shape index (κ1) is 24.0. The van der Waals surface area contributed by atoms with Gasteiger partial charge in [-0.3, -0.25) is 14.4 Å². The highest BCUT2D eigenvalue weighted by atomic mass is 16.5. The molecule has 0 aromatic rings. The summed E-state index contributed by atoms with van der Waals surface area (Å²) < 4.78 is 6.62. The Labute approximate surface area is 185 Å². The van der Waals surface area contributed by atoms with E-state index in [1.807, 2.05) is 41.5 Å². The number of fused-ring (bicyclic) bond motifs is 1. The lowest BCUT2D eigenvalue weighted by atomic mass is 9.62. The Balaban J connectivity index is 2.02. The van der Waals surface area contributed by atoms with E-state index in [1.165, 1.54) is 0 Å². The predicted molar refractivity (Wildman–Crippen MR) is 116 cm³/mol. The molecule has 0 aliphatic carbocycles. The normalized spacial score (nSPS) is 36.6. The molecule has 3 aliphatic heterocycles. The molecule has 3 heterocycles. The molecule has 3 aliphatic rings. The number of hydrogen-bond donors (Lipinski definition) is 3. The van der Waals surface area contributed by atoms with Gasteiger partial charge in [0, 0.05) is 25.2 Å². The lowest BCUT2D eigenvalue weighted by molar-refractivity contribution is -0.148. The van der Waals surface area contributed by atoms with Crippen LogP contribution in [0, 0.1) is 17.8 Å². The summed E-state index contributed by atoms with van der Waals surface area (Å²) in [4.78, 5) is 42.0. The van der Waals surface area contributed by atoms with Crippen molar-refractivity contribution in [1.29, 1.82) is 0 Å². The first-order chi connectivity index (χ1) is 14.4. The van der Waals surface area contributed by atoms with Crippen LogP contribution in [0.4, 0.5) is 0 Å². The van der Waals surface area contributed by atoms with Gasteiger partial charge in [0.2, 0.25) is 17.7 Å². The molecule has 2 bridgehead atoms. The SMILES string of the molecule is CCCNC(=O)[C@@H]1[C@H]2C(=O)N(CCCCO)C(C(=O)NC(C)(C)C)C23CC(C)[C@@]1(C)O3. The lowest BCUT2D eigenvalue weighted by Crippen LogP contribution is -2.58. The summed E-state index contributed by atoms with van der Waals surface area (Å²) in [5, 5.41) is 15.2. The molecule has 8 nitrogen and oxygen atoms in total. The zero-order valence-corrected chi connectivity index (χ0v) is 19.8. The van der Waals surface area contributed by atoms with Gasteiger partial charge >= 0.3 is 0 Å². The van der Waals surface area contributed by atoms with Crippen molar-refractivity contribution in [2.24, 2.45) is 17.8 Å². The standard InChI is InChI=1S/C23H39N3O5/c1-7-10-24-18(28)15-16-20(30)26(11-8-9-12-27)17(19(29)25-21(3,4)5)23(16)13-14(2)22(15,6)31-23/h14-17,27H,7-13H2,1-6H3,(H,24,28)(H,25,29)/t14?,15-,16-,17?,22+,23?/m0/s1. The fourth-order valence-electron chi connectivity index (χ4n) is 5.87. The molecule has 176 valence electrons. The predicted octanol–water partition coefficient (Wildman–Crippen LogP) is 1.21. The molecule has 3 rings (SSSR count). The fourth-order valence-corrected chi connectivity index (χ4v) is 5.87. The number of unbranched alkanes of at least 4 members (excludes halogenated alkanes) is 1. The topological polar surface area (TPSA) is 108 Å². The Morgan fingerprint density at radius 2 is 1.94 bits per heavy atom. The van der Waals surface area contributed by atoms with Crippen LogP contribution in [0.5, 0.6) is 0 Å². The number of nitrogens with one attached hydrogen (secondary N) is 2. The van der Waals surface area contributed by atoms with E-state index >= 15 is 0 Å². The molecule has 1 spiro atoms. The van der Waals surface area contributed by atoms with Crippen LogP contribution in [0.3, 0.4) is 0 Å². The van der Waals surface area contributed by atoms with E-state index in [4.69, 9.17) is 4.74 Å². The van der Waals surface area contributed by atoms with Crippen molar-refractivity contribution in [3.05, 3.63) is 0 Å². The summed E-state index contributed by atoms with van der Waals surface area (Å²) >= 11 is 0. The smallest absolute Gasteiger partial charge is 0.246 e. The van der Waals surface area contributed by atoms with E-state index in [0.717, 1.165) is 6.42 Å². The summed E-state index contributed by atoms with van der Waals surface area (Å²) in [7, 11) is 0. The maximum absolute atomic E-state index is 13.7. The Morgan fingerprint density at radius 3 is 2.52 bits per heavy atom. The highest BCUT2D eigenvalue weighted by molar-refractivity contribution is 5.99. The van der Waals surface area contributed by atoms with Gasteiger partial charge in [-0.25, -0.2) is 0 Å². The van der Waals surface area contributed by atoms with E-state index < -0.39 is 34.6 Å². The van der Waals surface area contributed by atoms with Gasteiger partial charge in [0.25, 0.3) is 0 Å². The maximum Gasteiger partial charge on any atom is 0.246 e. The molecule has 3 saturated heterocycles. The minimum absolute atomic E-state index is 0.0309. The molecule has 0 radical (unpaired) electrons. The van der Waals surface area contributed by atoms with Crippen LogP contribution in [0.1, 0.15) is 67.2 Å². The number of carbonyl (C=O) groups excluding carboxylic acids is 3. The number of nitrogens with zero attached hydrogens (tertiary/aromatic N) is 1. The van der Waals surface area contributed by atoms with Crippen molar-refractivity contribution in [2.45, 2.75) is 90.0 Å². The van der Waals surface area contributed by atoms with E-state index in [0.29, 0.717) is 32.4 Å². The number of rotatable bonds is 8. The molecule has 8 heteroatoms. The van der Waals surface area contributed by atoms with Crippen molar-refractivity contribution < 1.29 is 24.2 Å². The highest BCUT2D eigenvalue weighted by Gasteiger charge is 2.79. The van der Waals surface area contributed by atoms with Gasteiger partial charge in [-0.1, -0.05) is 13.8 Å². The first-order valence-corrected chi connectivity index (χ1v) is 11.6. The molecule has 6 atom stereocenters. The van der Waals surface area contributed by atoms with Crippen LogP contribution in [0.25, 0.3) is 0 Å². The van der Waals surface area contributed by atoms with E-state index in [-0.39, 0.29) is 30.2 Å². The Morgan fingerprint density at radius 1 is 1.26 bits per heavy atom. The monoisotopic (exact) mass is 437 g/mol. The van der Waals surface area contributed by atoms with Crippen molar-refractivity contribution in [1.82, 2.24) is 15.5 Å². The van der Waals surface area contributed by atoms with Crippen LogP contribution >= 0.6 is 0 Å². The van der Waals surface area contributed by atoms with Gasteiger partial charge in [0.15, 0.2) is 0 Å². The molecule has 0 aromatic heterocycles. The third-order valence-electron chi connectivity index (χ3n) is 7.20. The molecule has 0 saturated carbocycles. The molecular weight excluding hydrogens is 398 g/mol. The maximum atomic E-state index is 13.7. The second-order valence-electron chi connectivity index (χ2n) is 10.7. The van der Waals surface area contributed by atoms with Crippen molar-refractivity contribution in [2.75, 3.05) is 19.7 Å². The summed E-state index contributed by atoms with van der Waals surface area (Å²) in [5.41, 5.74) is -2.25. The van der Waals surface area contributed by atoms with E-state index in [1.54, 1.807) is 4.90 Å². The lowest BCUT2D eigenvalue weighted by Gasteiger charge is -2.36. The minimum atomic E-state index is -1.01. The average Bonchev–Trinajstić information content (AvgIpc) is 3.16. The number of likely N-dealkylation sites (tertiary alicyclic amines) is 1. The first-order valence-electron chi connectivity index (χ1n) is 11.6. The summed E-state index contributed by atoms with van der Waals surface area (Å²) in [6.07, 6.45) is 2.50. The number of carbonyl (C=O) groups is 3. The van der Waals surface area contributed by atoms with Crippen LogP contribution in [-0.4, -0.2) is 70.2 Å². The van der Waals surface area contributed by atoms with E-state index in [9.17, 15) is 19.5 Å². The van der Waals surface area contributed by atoms with Gasteiger partial charge in [-0.2, -0.15) is 0 Å². The van der Waals surface area contributed by atoms with Gasteiger partial charge in [-0.05, 0) is 59.3 Å². The van der Waals surface area contributed by atoms with E-state index in [2.05, 4.69) is 10.6 Å².